The number of hydrogen-bond donors (Lipinski definition) is 1. The molecule has 0 aliphatic carbocycles. The number of carbonyl (C=O) groups is 1. The summed E-state index contributed by atoms with van der Waals surface area (Å²) in [6, 6.07) is 10.1. The van der Waals surface area contributed by atoms with Crippen molar-refractivity contribution in [2.75, 3.05) is 7.11 Å². The Bertz CT molecular complexity index is 703. The number of aromatic nitrogens is 1. The van der Waals surface area contributed by atoms with Gasteiger partial charge in [0.1, 0.15) is 0 Å². The zero-order valence-electron chi connectivity index (χ0n) is 12.6. The predicted molar refractivity (Wildman–Crippen MR) is 87.2 cm³/mol. The molecule has 1 aromatic heterocycles. The Morgan fingerprint density at radius 1 is 1.45 bits per heavy atom. The van der Waals surface area contributed by atoms with Gasteiger partial charge in [0.2, 0.25) is 11.8 Å². The third-order valence-corrected chi connectivity index (χ3v) is 4.99. The zero-order valence-corrected chi connectivity index (χ0v) is 13.4. The van der Waals surface area contributed by atoms with Crippen LogP contribution in [0.5, 0.6) is 5.88 Å². The van der Waals surface area contributed by atoms with Crippen LogP contribution in [0.15, 0.2) is 41.4 Å². The normalized spacial score (nSPS) is 16.2. The molecule has 1 atom stereocenters. The van der Waals surface area contributed by atoms with Crippen LogP contribution in [-0.2, 0) is 17.8 Å². The number of nitrogens with zero attached hydrogens (tertiary/aromatic N) is 1. The van der Waals surface area contributed by atoms with Crippen molar-refractivity contribution in [3.8, 4) is 5.88 Å². The van der Waals surface area contributed by atoms with E-state index in [2.05, 4.69) is 35.4 Å². The van der Waals surface area contributed by atoms with Gasteiger partial charge < -0.3 is 10.1 Å². The number of methoxy groups -OCH3 is 1. The van der Waals surface area contributed by atoms with Crippen molar-refractivity contribution in [3.63, 3.8) is 0 Å². The highest BCUT2D eigenvalue weighted by Crippen LogP contribution is 2.37. The second-order valence-electron chi connectivity index (χ2n) is 5.31. The lowest BCUT2D eigenvalue weighted by molar-refractivity contribution is -0.120. The van der Waals surface area contributed by atoms with Gasteiger partial charge >= 0.3 is 0 Å². The van der Waals surface area contributed by atoms with Crippen molar-refractivity contribution in [1.29, 1.82) is 0 Å². The van der Waals surface area contributed by atoms with Crippen LogP contribution in [0.1, 0.15) is 16.7 Å². The molecule has 1 aliphatic rings. The molecule has 1 N–H and O–H groups in total. The minimum absolute atomic E-state index is 0.0560. The standard InChI is InChI=1S/C17H18N2O2S/c1-11-5-6-12-9-15(22-14(12)8-11)16(20)19-10-13-4-3-7-18-17(13)21-2/h3-8,15H,9-10H2,1-2H3,(H,19,20)/t15-/m1/s1. The Morgan fingerprint density at radius 2 is 2.32 bits per heavy atom. The molecule has 0 unspecified atom stereocenters. The number of carbonyl (C=O) groups excluding carboxylic acids is 1. The first-order chi connectivity index (χ1) is 10.7. The zero-order chi connectivity index (χ0) is 15.5. The summed E-state index contributed by atoms with van der Waals surface area (Å²) >= 11 is 1.64. The van der Waals surface area contributed by atoms with Gasteiger partial charge in [0.05, 0.1) is 12.4 Å². The number of rotatable bonds is 4. The van der Waals surface area contributed by atoms with Gasteiger partial charge in [-0.25, -0.2) is 4.98 Å². The molecule has 3 rings (SSSR count). The van der Waals surface area contributed by atoms with Crippen LogP contribution in [-0.4, -0.2) is 23.3 Å². The monoisotopic (exact) mass is 314 g/mol. The van der Waals surface area contributed by atoms with E-state index in [1.807, 2.05) is 12.1 Å². The number of aryl methyl sites for hydroxylation is 1. The van der Waals surface area contributed by atoms with E-state index in [-0.39, 0.29) is 11.2 Å². The van der Waals surface area contributed by atoms with Crippen LogP contribution in [0.25, 0.3) is 0 Å². The highest BCUT2D eigenvalue weighted by Gasteiger charge is 2.28. The fourth-order valence-electron chi connectivity index (χ4n) is 2.52. The van der Waals surface area contributed by atoms with Crippen molar-refractivity contribution in [3.05, 3.63) is 53.2 Å². The van der Waals surface area contributed by atoms with Gasteiger partial charge in [-0.1, -0.05) is 23.8 Å². The third-order valence-electron chi connectivity index (χ3n) is 3.69. The fraction of sp³-hybridized carbons (Fsp3) is 0.294. The number of thioether (sulfide) groups is 1. The first-order valence-electron chi connectivity index (χ1n) is 7.19. The minimum atomic E-state index is -0.0560. The van der Waals surface area contributed by atoms with Crippen molar-refractivity contribution < 1.29 is 9.53 Å². The maximum atomic E-state index is 12.4. The van der Waals surface area contributed by atoms with E-state index in [0.29, 0.717) is 12.4 Å². The number of amides is 1. The number of pyridine rings is 1. The van der Waals surface area contributed by atoms with E-state index in [1.54, 1.807) is 25.1 Å². The molecule has 5 heteroatoms. The number of fused-ring (bicyclic) bond motifs is 1. The number of nitrogens with one attached hydrogen (secondary N) is 1. The first-order valence-corrected chi connectivity index (χ1v) is 8.07. The van der Waals surface area contributed by atoms with Gasteiger partial charge in [0.15, 0.2) is 0 Å². The summed E-state index contributed by atoms with van der Waals surface area (Å²) in [6.07, 6.45) is 2.46. The quantitative estimate of drug-likeness (QED) is 0.943. The second-order valence-corrected chi connectivity index (χ2v) is 6.56. The SMILES string of the molecule is COc1ncccc1CNC(=O)[C@H]1Cc2ccc(C)cc2S1. The predicted octanol–water partition coefficient (Wildman–Crippen LogP) is 2.73. The maximum Gasteiger partial charge on any atom is 0.234 e. The maximum absolute atomic E-state index is 12.4. The van der Waals surface area contributed by atoms with E-state index in [9.17, 15) is 4.79 Å². The number of ether oxygens (including phenoxy) is 1. The summed E-state index contributed by atoms with van der Waals surface area (Å²) in [6.45, 7) is 2.51. The van der Waals surface area contributed by atoms with Gasteiger partial charge in [-0.2, -0.15) is 0 Å². The van der Waals surface area contributed by atoms with E-state index < -0.39 is 0 Å². The highest BCUT2D eigenvalue weighted by molar-refractivity contribution is 8.01. The minimum Gasteiger partial charge on any atom is -0.481 e. The van der Waals surface area contributed by atoms with Gasteiger partial charge in [-0.05, 0) is 31.0 Å². The molecule has 0 fully saturated rings. The molecule has 4 nitrogen and oxygen atoms in total. The van der Waals surface area contributed by atoms with Crippen LogP contribution >= 0.6 is 11.8 Å². The second kappa shape index (κ2) is 6.40. The van der Waals surface area contributed by atoms with E-state index in [4.69, 9.17) is 4.74 Å². The first kappa shape index (κ1) is 14.9. The topological polar surface area (TPSA) is 51.2 Å². The Balaban J connectivity index is 1.62. The number of hydrogen-bond acceptors (Lipinski definition) is 4. The van der Waals surface area contributed by atoms with Gasteiger partial charge in [-0.15, -0.1) is 11.8 Å². The summed E-state index contributed by atoms with van der Waals surface area (Å²) in [5, 5.41) is 2.93. The molecular weight excluding hydrogens is 296 g/mol. The molecule has 1 aliphatic heterocycles. The van der Waals surface area contributed by atoms with Crippen LogP contribution in [0.3, 0.4) is 0 Å². The van der Waals surface area contributed by atoms with Crippen LogP contribution < -0.4 is 10.1 Å². The lowest BCUT2D eigenvalue weighted by atomic mass is 10.1. The van der Waals surface area contributed by atoms with Crippen LogP contribution in [0.4, 0.5) is 0 Å². The Kier molecular flexibility index (Phi) is 4.34. The lowest BCUT2D eigenvalue weighted by Gasteiger charge is -2.11. The Labute approximate surface area is 134 Å². The van der Waals surface area contributed by atoms with Crippen molar-refractivity contribution in [2.24, 2.45) is 0 Å². The smallest absolute Gasteiger partial charge is 0.234 e. The molecule has 114 valence electrons. The molecule has 1 amide bonds. The summed E-state index contributed by atoms with van der Waals surface area (Å²) in [5.41, 5.74) is 3.37. The summed E-state index contributed by atoms with van der Waals surface area (Å²) in [4.78, 5) is 17.7. The Morgan fingerprint density at radius 3 is 3.14 bits per heavy atom. The Hall–Kier alpha value is -2.01. The largest absolute Gasteiger partial charge is 0.481 e. The molecule has 0 bridgehead atoms. The molecule has 2 aromatic rings. The molecule has 22 heavy (non-hydrogen) atoms. The fourth-order valence-corrected chi connectivity index (χ4v) is 3.84. The average molecular weight is 314 g/mol. The van der Waals surface area contributed by atoms with Crippen LogP contribution in [0, 0.1) is 6.92 Å². The average Bonchev–Trinajstić information content (AvgIpc) is 2.96. The molecule has 0 spiro atoms. The molecule has 0 saturated heterocycles. The molecule has 0 saturated carbocycles. The van der Waals surface area contributed by atoms with Crippen LogP contribution in [0.2, 0.25) is 0 Å². The summed E-state index contributed by atoms with van der Waals surface area (Å²) < 4.78 is 5.20. The molecule has 0 radical (unpaired) electrons. The van der Waals surface area contributed by atoms with Gasteiger partial charge in [-0.3, -0.25) is 4.79 Å². The van der Waals surface area contributed by atoms with E-state index in [1.165, 1.54) is 16.0 Å². The molecule has 1 aromatic carbocycles. The third kappa shape index (κ3) is 3.09. The van der Waals surface area contributed by atoms with Crippen molar-refractivity contribution in [1.82, 2.24) is 10.3 Å². The molecular formula is C17H18N2O2S. The highest BCUT2D eigenvalue weighted by atomic mass is 32.2. The summed E-state index contributed by atoms with van der Waals surface area (Å²) in [5.74, 6) is 0.616. The van der Waals surface area contributed by atoms with Crippen molar-refractivity contribution in [2.45, 2.75) is 30.0 Å². The lowest BCUT2D eigenvalue weighted by Crippen LogP contribution is -2.32. The van der Waals surface area contributed by atoms with Gasteiger partial charge in [0, 0.05) is 23.2 Å². The van der Waals surface area contributed by atoms with Crippen molar-refractivity contribution >= 4 is 17.7 Å². The van der Waals surface area contributed by atoms with E-state index >= 15 is 0 Å². The summed E-state index contributed by atoms with van der Waals surface area (Å²) in [7, 11) is 1.58. The van der Waals surface area contributed by atoms with Gasteiger partial charge in [0.25, 0.3) is 0 Å². The molecule has 2 heterocycles. The number of benzene rings is 1. The van der Waals surface area contributed by atoms with E-state index in [0.717, 1.165) is 12.0 Å².